The summed E-state index contributed by atoms with van der Waals surface area (Å²) in [5.41, 5.74) is 0.283. The van der Waals surface area contributed by atoms with E-state index in [-0.39, 0.29) is 0 Å². The number of aromatic nitrogens is 1. The van der Waals surface area contributed by atoms with E-state index in [2.05, 4.69) is 25.7 Å². The van der Waals surface area contributed by atoms with Crippen molar-refractivity contribution in [3.05, 3.63) is 15.6 Å². The van der Waals surface area contributed by atoms with Crippen LogP contribution in [0.25, 0.3) is 0 Å². The highest BCUT2D eigenvalue weighted by molar-refractivity contribution is 7.11. The monoisotopic (exact) mass is 296 g/mol. The van der Waals surface area contributed by atoms with Crippen molar-refractivity contribution in [3.8, 4) is 0 Å². The molecule has 0 bridgehead atoms. The first-order valence-electron chi connectivity index (χ1n) is 7.75. The Morgan fingerprint density at radius 1 is 1.40 bits per heavy atom. The maximum absolute atomic E-state index is 10.3. The summed E-state index contributed by atoms with van der Waals surface area (Å²) < 4.78 is 0. The van der Waals surface area contributed by atoms with Gasteiger partial charge in [0.05, 0.1) is 22.7 Å². The lowest BCUT2D eigenvalue weighted by atomic mass is 10.0. The van der Waals surface area contributed by atoms with Crippen LogP contribution in [-0.2, 0) is 12.1 Å². The van der Waals surface area contributed by atoms with E-state index < -0.39 is 5.60 Å². The Kier molecular flexibility index (Phi) is 4.88. The van der Waals surface area contributed by atoms with Crippen LogP contribution in [0.2, 0.25) is 0 Å². The fourth-order valence-electron chi connectivity index (χ4n) is 2.84. The van der Waals surface area contributed by atoms with Gasteiger partial charge in [-0.3, -0.25) is 4.90 Å². The third kappa shape index (κ3) is 3.60. The van der Waals surface area contributed by atoms with Crippen LogP contribution in [0.3, 0.4) is 0 Å². The molecule has 1 saturated heterocycles. The Balaban J connectivity index is 2.20. The van der Waals surface area contributed by atoms with Crippen molar-refractivity contribution < 1.29 is 5.11 Å². The van der Waals surface area contributed by atoms with Crippen molar-refractivity contribution in [3.63, 3.8) is 0 Å². The first kappa shape index (κ1) is 15.9. The third-order valence-electron chi connectivity index (χ3n) is 4.08. The predicted octanol–water partition coefficient (Wildman–Crippen LogP) is 3.87. The molecular formula is C16H28N2OS. The lowest BCUT2D eigenvalue weighted by Gasteiger charge is -2.32. The van der Waals surface area contributed by atoms with Gasteiger partial charge in [-0.2, -0.15) is 0 Å². The number of hydrogen-bond donors (Lipinski definition) is 1. The summed E-state index contributed by atoms with van der Waals surface area (Å²) in [5, 5.41) is 11.5. The van der Waals surface area contributed by atoms with E-state index in [0.29, 0.717) is 12.0 Å². The van der Waals surface area contributed by atoms with E-state index in [1.807, 2.05) is 13.8 Å². The molecule has 0 amide bonds. The lowest BCUT2D eigenvalue weighted by molar-refractivity contribution is 0.0811. The molecule has 4 heteroatoms. The molecule has 20 heavy (non-hydrogen) atoms. The van der Waals surface area contributed by atoms with Crippen LogP contribution < -0.4 is 0 Å². The molecule has 0 aliphatic carbocycles. The molecule has 1 aromatic heterocycles. The predicted molar refractivity (Wildman–Crippen MR) is 85.2 cm³/mol. The van der Waals surface area contributed by atoms with Gasteiger partial charge in [-0.15, -0.1) is 11.3 Å². The highest BCUT2D eigenvalue weighted by Gasteiger charge is 2.27. The van der Waals surface area contributed by atoms with Gasteiger partial charge >= 0.3 is 0 Å². The molecule has 2 heterocycles. The lowest BCUT2D eigenvalue weighted by Crippen LogP contribution is -2.36. The van der Waals surface area contributed by atoms with E-state index in [1.54, 1.807) is 11.3 Å². The molecule has 1 N–H and O–H groups in total. The summed E-state index contributed by atoms with van der Waals surface area (Å²) in [7, 11) is 0. The number of rotatable bonds is 4. The molecule has 0 saturated carbocycles. The van der Waals surface area contributed by atoms with Crippen LogP contribution in [0.15, 0.2) is 0 Å². The second-order valence-electron chi connectivity index (χ2n) is 6.85. The van der Waals surface area contributed by atoms with Gasteiger partial charge in [-0.1, -0.05) is 20.3 Å². The van der Waals surface area contributed by atoms with E-state index >= 15 is 0 Å². The van der Waals surface area contributed by atoms with Crippen LogP contribution in [0, 0.1) is 0 Å². The smallest absolute Gasteiger partial charge is 0.107 e. The molecule has 1 aliphatic rings. The van der Waals surface area contributed by atoms with Gasteiger partial charge in [0.15, 0.2) is 0 Å². The van der Waals surface area contributed by atoms with Crippen LogP contribution in [-0.4, -0.2) is 27.6 Å². The summed E-state index contributed by atoms with van der Waals surface area (Å²) in [6, 6.07) is 0.653. The average molecular weight is 296 g/mol. The topological polar surface area (TPSA) is 36.4 Å². The molecule has 1 unspecified atom stereocenters. The fraction of sp³-hybridized carbons (Fsp3) is 0.812. The molecule has 1 aromatic rings. The Labute approximate surface area is 127 Å². The highest BCUT2D eigenvalue weighted by Crippen LogP contribution is 2.34. The van der Waals surface area contributed by atoms with Crippen LogP contribution in [0.5, 0.6) is 0 Å². The molecule has 114 valence electrons. The molecule has 0 aromatic carbocycles. The van der Waals surface area contributed by atoms with Crippen LogP contribution in [0.4, 0.5) is 0 Å². The molecule has 1 fully saturated rings. The SMILES string of the molecule is CC(C)c1nc(CN2CCCCC2C)sc1C(C)(C)O. The largest absolute Gasteiger partial charge is 0.385 e. The van der Waals surface area contributed by atoms with E-state index in [0.717, 1.165) is 22.1 Å². The zero-order valence-corrected chi connectivity index (χ0v) is 14.3. The number of aliphatic hydroxyl groups is 1. The van der Waals surface area contributed by atoms with Crippen molar-refractivity contribution >= 4 is 11.3 Å². The van der Waals surface area contributed by atoms with Crippen molar-refractivity contribution in [2.75, 3.05) is 6.54 Å². The highest BCUT2D eigenvalue weighted by atomic mass is 32.1. The Hall–Kier alpha value is -0.450. The molecule has 0 spiro atoms. The maximum Gasteiger partial charge on any atom is 0.107 e. The summed E-state index contributed by atoms with van der Waals surface area (Å²) in [4.78, 5) is 8.38. The number of thiazole rings is 1. The molecule has 3 nitrogen and oxygen atoms in total. The van der Waals surface area contributed by atoms with Crippen molar-refractivity contribution in [1.29, 1.82) is 0 Å². The summed E-state index contributed by atoms with van der Waals surface area (Å²) in [5.74, 6) is 0.361. The standard InChI is InChI=1S/C16H28N2OS/c1-11(2)14-15(16(4,5)19)20-13(17-14)10-18-9-7-6-8-12(18)3/h11-12,19H,6-10H2,1-5H3. The van der Waals surface area contributed by atoms with Gasteiger partial charge < -0.3 is 5.11 Å². The Bertz CT molecular complexity index is 448. The van der Waals surface area contributed by atoms with Gasteiger partial charge in [0.25, 0.3) is 0 Å². The van der Waals surface area contributed by atoms with E-state index in [1.165, 1.54) is 25.8 Å². The third-order valence-corrected chi connectivity index (χ3v) is 5.45. The normalized spacial score (nSPS) is 21.6. The Morgan fingerprint density at radius 2 is 2.10 bits per heavy atom. The van der Waals surface area contributed by atoms with Gasteiger partial charge in [0.2, 0.25) is 0 Å². The minimum absolute atomic E-state index is 0.361. The fourth-order valence-corrected chi connectivity index (χ4v) is 4.09. The second-order valence-corrected chi connectivity index (χ2v) is 7.93. The first-order chi connectivity index (χ1) is 9.29. The zero-order valence-electron chi connectivity index (χ0n) is 13.4. The van der Waals surface area contributed by atoms with Crippen LogP contribution >= 0.6 is 11.3 Å². The summed E-state index contributed by atoms with van der Waals surface area (Å²) in [6.07, 6.45) is 3.94. The molecule has 0 radical (unpaired) electrons. The minimum atomic E-state index is -0.789. The molecule has 1 atom stereocenters. The van der Waals surface area contributed by atoms with Gasteiger partial charge in [-0.25, -0.2) is 4.98 Å². The van der Waals surface area contributed by atoms with E-state index in [9.17, 15) is 5.11 Å². The summed E-state index contributed by atoms with van der Waals surface area (Å²) >= 11 is 1.69. The quantitative estimate of drug-likeness (QED) is 0.916. The molecule has 1 aliphatic heterocycles. The van der Waals surface area contributed by atoms with Gasteiger partial charge in [0.1, 0.15) is 5.01 Å². The van der Waals surface area contributed by atoms with Crippen LogP contribution in [0.1, 0.15) is 75.4 Å². The van der Waals surface area contributed by atoms with Gasteiger partial charge in [0, 0.05) is 6.04 Å². The zero-order chi connectivity index (χ0) is 14.9. The van der Waals surface area contributed by atoms with E-state index in [4.69, 9.17) is 4.98 Å². The van der Waals surface area contributed by atoms with Crippen molar-refractivity contribution in [2.45, 2.75) is 78.0 Å². The average Bonchev–Trinajstić information content (AvgIpc) is 2.76. The minimum Gasteiger partial charge on any atom is -0.385 e. The van der Waals surface area contributed by atoms with Crippen molar-refractivity contribution in [2.24, 2.45) is 0 Å². The number of likely N-dealkylation sites (tertiary alicyclic amines) is 1. The first-order valence-corrected chi connectivity index (χ1v) is 8.57. The van der Waals surface area contributed by atoms with Crippen molar-refractivity contribution in [1.82, 2.24) is 9.88 Å². The number of piperidine rings is 1. The molecule has 2 rings (SSSR count). The summed E-state index contributed by atoms with van der Waals surface area (Å²) in [6.45, 7) is 12.4. The molecular weight excluding hydrogens is 268 g/mol. The van der Waals surface area contributed by atoms with Gasteiger partial charge in [-0.05, 0) is 46.1 Å². The maximum atomic E-state index is 10.3. The number of nitrogens with zero attached hydrogens (tertiary/aromatic N) is 2. The second kappa shape index (κ2) is 6.12. The Morgan fingerprint density at radius 3 is 2.60 bits per heavy atom. The number of hydrogen-bond acceptors (Lipinski definition) is 4.